The molecule has 0 N–H and O–H groups in total. The van der Waals surface area contributed by atoms with Crippen LogP contribution in [0.3, 0.4) is 0 Å². The van der Waals surface area contributed by atoms with Crippen LogP contribution in [0.15, 0.2) is 0 Å². The molecule has 2 atom stereocenters. The molecule has 0 saturated heterocycles. The van der Waals surface area contributed by atoms with Crippen molar-refractivity contribution in [3.63, 3.8) is 0 Å². The number of hydrogen-bond donors (Lipinski definition) is 0. The first-order valence-electron chi connectivity index (χ1n) is 5.87. The summed E-state index contributed by atoms with van der Waals surface area (Å²) in [5.74, 6) is 0.770. The van der Waals surface area contributed by atoms with E-state index in [1.807, 2.05) is 0 Å². The summed E-state index contributed by atoms with van der Waals surface area (Å²) < 4.78 is 6.11. The summed E-state index contributed by atoms with van der Waals surface area (Å²) in [6.45, 7) is 12.1. The first-order valence-corrected chi connectivity index (χ1v) is 8.78. The zero-order chi connectivity index (χ0) is 11.7. The van der Waals surface area contributed by atoms with Crippen LogP contribution in [0.4, 0.5) is 0 Å². The van der Waals surface area contributed by atoms with Gasteiger partial charge >= 0.3 is 0 Å². The van der Waals surface area contributed by atoms with E-state index in [0.29, 0.717) is 5.92 Å². The van der Waals surface area contributed by atoms with Crippen LogP contribution >= 0.6 is 0 Å². The summed E-state index contributed by atoms with van der Waals surface area (Å²) in [6.07, 6.45) is 3.33. The molecule has 1 aliphatic rings. The second-order valence-electron chi connectivity index (χ2n) is 6.21. The maximum absolute atomic E-state index is 10.7. The highest BCUT2D eigenvalue weighted by Crippen LogP contribution is 2.39. The molecule has 0 spiro atoms. The topological polar surface area (TPSA) is 26.3 Å². The van der Waals surface area contributed by atoms with Crippen molar-refractivity contribution in [2.45, 2.75) is 51.7 Å². The van der Waals surface area contributed by atoms with E-state index >= 15 is 0 Å². The molecule has 88 valence electrons. The predicted molar refractivity (Wildman–Crippen MR) is 65.4 cm³/mol. The van der Waals surface area contributed by atoms with Crippen molar-refractivity contribution in [1.82, 2.24) is 0 Å². The molecule has 1 fully saturated rings. The minimum atomic E-state index is -1.61. The lowest BCUT2D eigenvalue weighted by atomic mass is 9.75. The van der Waals surface area contributed by atoms with Gasteiger partial charge in [0.1, 0.15) is 6.29 Å². The Labute approximate surface area is 94.5 Å². The molecule has 0 radical (unpaired) electrons. The van der Waals surface area contributed by atoms with Gasteiger partial charge in [-0.15, -0.1) is 0 Å². The number of rotatable bonds is 4. The van der Waals surface area contributed by atoms with Crippen LogP contribution in [0.2, 0.25) is 18.1 Å². The lowest BCUT2D eigenvalue weighted by molar-refractivity contribution is -0.116. The lowest BCUT2D eigenvalue weighted by Crippen LogP contribution is -2.44. The molecule has 2 nitrogen and oxygen atoms in total. The van der Waals surface area contributed by atoms with E-state index in [1.54, 1.807) is 0 Å². The summed E-state index contributed by atoms with van der Waals surface area (Å²) >= 11 is 0. The third kappa shape index (κ3) is 2.91. The van der Waals surface area contributed by atoms with Gasteiger partial charge in [0.2, 0.25) is 0 Å². The molecule has 0 aromatic heterocycles. The van der Waals surface area contributed by atoms with Crippen LogP contribution in [0, 0.1) is 11.8 Å². The highest BCUT2D eigenvalue weighted by molar-refractivity contribution is 6.74. The molecule has 15 heavy (non-hydrogen) atoms. The van der Waals surface area contributed by atoms with E-state index in [1.165, 1.54) is 0 Å². The molecule has 0 amide bonds. The minimum absolute atomic E-state index is 0.271. The van der Waals surface area contributed by atoms with E-state index in [0.717, 1.165) is 25.7 Å². The van der Waals surface area contributed by atoms with Gasteiger partial charge in [0.25, 0.3) is 0 Å². The van der Waals surface area contributed by atoms with Crippen molar-refractivity contribution in [1.29, 1.82) is 0 Å². The Hall–Kier alpha value is -0.153. The number of carbonyl (C=O) groups is 1. The Balaban J connectivity index is 2.40. The van der Waals surface area contributed by atoms with E-state index in [-0.39, 0.29) is 11.0 Å². The first kappa shape index (κ1) is 12.9. The molecule has 0 unspecified atom stereocenters. The number of carbonyl (C=O) groups excluding carboxylic acids is 1. The highest BCUT2D eigenvalue weighted by Gasteiger charge is 2.39. The molecule has 3 heteroatoms. The smallest absolute Gasteiger partial charge is 0.191 e. The Morgan fingerprint density at radius 1 is 1.33 bits per heavy atom. The molecule has 0 aromatic carbocycles. The summed E-state index contributed by atoms with van der Waals surface area (Å²) in [7, 11) is -1.61. The molecular formula is C12H24O2Si. The Bertz CT molecular complexity index is 230. The van der Waals surface area contributed by atoms with Crippen LogP contribution in [0.25, 0.3) is 0 Å². The molecule has 0 aliphatic heterocycles. The fourth-order valence-corrected chi connectivity index (χ4v) is 2.58. The lowest BCUT2D eigenvalue weighted by Gasteiger charge is -2.40. The number of hydrogen-bond acceptors (Lipinski definition) is 2. The Morgan fingerprint density at radius 3 is 2.27 bits per heavy atom. The quantitative estimate of drug-likeness (QED) is 0.545. The predicted octanol–water partition coefficient (Wildman–Crippen LogP) is 3.23. The molecular weight excluding hydrogens is 204 g/mol. The second kappa shape index (κ2) is 4.38. The van der Waals surface area contributed by atoms with Crippen molar-refractivity contribution in [3.05, 3.63) is 0 Å². The average Bonchev–Trinajstić information content (AvgIpc) is 2.00. The monoisotopic (exact) mass is 228 g/mol. The standard InChI is InChI=1S/C12H24O2Si/c1-12(2,3)15(4,5)14-9-11-7-6-10(11)8-13/h8,10-11H,6-7,9H2,1-5H3/t10-,11-/m0/s1. The van der Waals surface area contributed by atoms with Gasteiger partial charge in [0.15, 0.2) is 8.32 Å². The fourth-order valence-electron chi connectivity index (χ4n) is 1.51. The molecule has 1 saturated carbocycles. The van der Waals surface area contributed by atoms with Crippen molar-refractivity contribution in [2.24, 2.45) is 11.8 Å². The van der Waals surface area contributed by atoms with Gasteiger partial charge in [0.05, 0.1) is 0 Å². The van der Waals surface area contributed by atoms with Crippen LogP contribution in [-0.4, -0.2) is 21.2 Å². The third-order valence-corrected chi connectivity index (χ3v) is 8.62. The zero-order valence-electron chi connectivity index (χ0n) is 10.7. The van der Waals surface area contributed by atoms with Gasteiger partial charge in [-0.3, -0.25) is 0 Å². The molecule has 0 aromatic rings. The van der Waals surface area contributed by atoms with Gasteiger partial charge in [-0.1, -0.05) is 20.8 Å². The molecule has 0 bridgehead atoms. The van der Waals surface area contributed by atoms with Crippen LogP contribution in [0.1, 0.15) is 33.6 Å². The third-order valence-electron chi connectivity index (χ3n) is 4.12. The van der Waals surface area contributed by atoms with E-state index in [9.17, 15) is 4.79 Å². The van der Waals surface area contributed by atoms with Crippen molar-refractivity contribution < 1.29 is 9.22 Å². The van der Waals surface area contributed by atoms with Crippen molar-refractivity contribution in [3.8, 4) is 0 Å². The van der Waals surface area contributed by atoms with Crippen molar-refractivity contribution >= 4 is 14.6 Å². The normalized spacial score (nSPS) is 27.3. The average molecular weight is 228 g/mol. The summed E-state index contributed by atoms with van der Waals surface area (Å²) in [5.41, 5.74) is 0. The number of aldehydes is 1. The van der Waals surface area contributed by atoms with Gasteiger partial charge in [0, 0.05) is 12.5 Å². The summed E-state index contributed by atoms with van der Waals surface area (Å²) in [4.78, 5) is 10.7. The van der Waals surface area contributed by atoms with Crippen LogP contribution < -0.4 is 0 Å². The van der Waals surface area contributed by atoms with Gasteiger partial charge in [-0.2, -0.15) is 0 Å². The van der Waals surface area contributed by atoms with Gasteiger partial charge < -0.3 is 9.22 Å². The minimum Gasteiger partial charge on any atom is -0.417 e. The van der Waals surface area contributed by atoms with Crippen LogP contribution in [-0.2, 0) is 9.22 Å². The fraction of sp³-hybridized carbons (Fsp3) is 0.917. The summed E-state index contributed by atoms with van der Waals surface area (Å²) in [5, 5.41) is 0.271. The zero-order valence-corrected chi connectivity index (χ0v) is 11.7. The maximum atomic E-state index is 10.7. The maximum Gasteiger partial charge on any atom is 0.191 e. The largest absolute Gasteiger partial charge is 0.417 e. The van der Waals surface area contributed by atoms with E-state index in [4.69, 9.17) is 4.43 Å². The Kier molecular flexibility index (Phi) is 3.77. The molecule has 0 heterocycles. The van der Waals surface area contributed by atoms with E-state index < -0.39 is 8.32 Å². The van der Waals surface area contributed by atoms with Crippen LogP contribution in [0.5, 0.6) is 0 Å². The summed E-state index contributed by atoms with van der Waals surface area (Å²) in [6, 6.07) is 0. The Morgan fingerprint density at radius 2 is 1.93 bits per heavy atom. The van der Waals surface area contributed by atoms with Gasteiger partial charge in [-0.25, -0.2) is 0 Å². The van der Waals surface area contributed by atoms with E-state index in [2.05, 4.69) is 33.9 Å². The van der Waals surface area contributed by atoms with Crippen molar-refractivity contribution in [2.75, 3.05) is 6.61 Å². The molecule has 1 rings (SSSR count). The SMILES string of the molecule is CC(C)(C)[Si](C)(C)OC[C@@H]1CC[C@H]1C=O. The first-order chi connectivity index (χ1) is 6.78. The second-order valence-corrected chi connectivity index (χ2v) is 11.0. The van der Waals surface area contributed by atoms with Gasteiger partial charge in [-0.05, 0) is 36.9 Å². The molecule has 1 aliphatic carbocycles. The highest BCUT2D eigenvalue weighted by atomic mass is 28.4.